The third kappa shape index (κ3) is 6.31. The summed E-state index contributed by atoms with van der Waals surface area (Å²) in [7, 11) is 0. The lowest BCUT2D eigenvalue weighted by atomic mass is 9.82. The summed E-state index contributed by atoms with van der Waals surface area (Å²) < 4.78 is 29.3. The molecule has 6 rings (SSSR count). The van der Waals surface area contributed by atoms with Crippen molar-refractivity contribution < 1.29 is 58.8 Å². The molecule has 2 aliphatic heterocycles. The van der Waals surface area contributed by atoms with Crippen molar-refractivity contribution >= 4 is 22.3 Å². The van der Waals surface area contributed by atoms with Crippen LogP contribution >= 0.6 is 0 Å². The molecule has 8 atom stereocenters. The first-order valence-electron chi connectivity index (χ1n) is 14.7. The highest BCUT2D eigenvalue weighted by Gasteiger charge is 2.43. The fourth-order valence-corrected chi connectivity index (χ4v) is 6.13. The highest BCUT2D eigenvalue weighted by atomic mass is 16.9. The zero-order chi connectivity index (χ0) is 32.2. The summed E-state index contributed by atoms with van der Waals surface area (Å²) in [4.78, 5) is 27.2. The zero-order valence-electron chi connectivity index (χ0n) is 24.7. The van der Waals surface area contributed by atoms with Crippen LogP contribution in [0.15, 0.2) is 48.5 Å². The minimum atomic E-state index is -3.56. The van der Waals surface area contributed by atoms with Crippen molar-refractivity contribution in [1.29, 1.82) is 0 Å². The molecule has 0 aromatic heterocycles. The molecule has 0 amide bonds. The van der Waals surface area contributed by atoms with Gasteiger partial charge in [-0.05, 0) is 50.4 Å². The standard InChI is InChI=1S/C32H35NO12/c1-14(34)10-25-42-16(3)31(37)33-22-13-26(41-15(2)30(22)44-25)43-23-8-4-6-17-11-20-21(12-19(17)23)29(36)27-18(28(20)35)7-5-9-24(27)45-32(38,39)40/h4-9,11-12,14-16,22,25-26,30-31,33-34,37-40H,10,13H2,1-3H3. The van der Waals surface area contributed by atoms with E-state index in [1.54, 1.807) is 38.1 Å². The van der Waals surface area contributed by atoms with Crippen molar-refractivity contribution in [3.05, 3.63) is 70.8 Å². The Morgan fingerprint density at radius 3 is 2.38 bits per heavy atom. The Morgan fingerprint density at radius 1 is 0.933 bits per heavy atom. The molecule has 0 spiro atoms. The summed E-state index contributed by atoms with van der Waals surface area (Å²) in [6.45, 7) is 5.15. The van der Waals surface area contributed by atoms with Crippen LogP contribution in [-0.4, -0.2) is 92.5 Å². The van der Waals surface area contributed by atoms with Crippen LogP contribution in [0.4, 0.5) is 0 Å². The van der Waals surface area contributed by atoms with Gasteiger partial charge >= 0.3 is 6.16 Å². The van der Waals surface area contributed by atoms with E-state index in [1.165, 1.54) is 24.3 Å². The molecule has 3 aromatic carbocycles. The Balaban J connectivity index is 1.30. The molecule has 1 aliphatic carbocycles. The predicted octanol–water partition coefficient (Wildman–Crippen LogP) is 1.27. The summed E-state index contributed by atoms with van der Waals surface area (Å²) in [6.07, 6.45) is -7.95. The van der Waals surface area contributed by atoms with E-state index in [4.69, 9.17) is 23.7 Å². The molecule has 13 nitrogen and oxygen atoms in total. The number of carbonyl (C=O) groups excluding carboxylic acids is 2. The molecule has 2 heterocycles. The summed E-state index contributed by atoms with van der Waals surface area (Å²) in [6, 6.07) is 12.0. The minimum Gasteiger partial charge on any atom is -0.464 e. The van der Waals surface area contributed by atoms with Crippen molar-refractivity contribution in [2.45, 2.75) is 89.0 Å². The van der Waals surface area contributed by atoms with Gasteiger partial charge in [-0.2, -0.15) is 0 Å². The molecule has 0 radical (unpaired) electrons. The molecular formula is C32H35NO12. The van der Waals surface area contributed by atoms with E-state index in [1.807, 2.05) is 6.92 Å². The van der Waals surface area contributed by atoms with Crippen LogP contribution in [0.1, 0.15) is 65.5 Å². The number of aliphatic hydroxyl groups is 5. The number of fused-ring (bicyclic) bond motifs is 4. The quantitative estimate of drug-likeness (QED) is 0.168. The molecular weight excluding hydrogens is 590 g/mol. The molecule has 0 saturated carbocycles. The zero-order valence-corrected chi connectivity index (χ0v) is 24.7. The molecule has 2 fully saturated rings. The van der Waals surface area contributed by atoms with Gasteiger partial charge in [0.25, 0.3) is 0 Å². The number of aliphatic hydroxyl groups excluding tert-OH is 2. The van der Waals surface area contributed by atoms with Gasteiger partial charge in [-0.25, -0.2) is 0 Å². The van der Waals surface area contributed by atoms with Crippen LogP contribution in [0.5, 0.6) is 11.5 Å². The van der Waals surface area contributed by atoms with Gasteiger partial charge in [-0.3, -0.25) is 14.9 Å². The minimum absolute atomic E-state index is 0.00772. The maximum absolute atomic E-state index is 13.7. The monoisotopic (exact) mass is 625 g/mol. The third-order valence-corrected chi connectivity index (χ3v) is 8.18. The molecule has 13 heteroatoms. The number of hydrogen-bond donors (Lipinski definition) is 6. The van der Waals surface area contributed by atoms with Gasteiger partial charge < -0.3 is 49.2 Å². The van der Waals surface area contributed by atoms with Crippen LogP contribution in [0.3, 0.4) is 0 Å². The summed E-state index contributed by atoms with van der Waals surface area (Å²) in [5.41, 5.74) is -0.0332. The number of benzene rings is 3. The van der Waals surface area contributed by atoms with E-state index < -0.39 is 67.0 Å². The van der Waals surface area contributed by atoms with Gasteiger partial charge in [0.15, 0.2) is 17.9 Å². The molecule has 3 aromatic rings. The molecule has 0 bridgehead atoms. The van der Waals surface area contributed by atoms with Crippen molar-refractivity contribution in [2.75, 3.05) is 0 Å². The first-order valence-corrected chi connectivity index (χ1v) is 14.7. The van der Waals surface area contributed by atoms with E-state index in [0.29, 0.717) is 16.5 Å². The Kier molecular flexibility index (Phi) is 8.41. The van der Waals surface area contributed by atoms with Gasteiger partial charge in [0.1, 0.15) is 23.8 Å². The average molecular weight is 626 g/mol. The topological polar surface area (TPSA) is 193 Å². The van der Waals surface area contributed by atoms with E-state index in [-0.39, 0.29) is 40.8 Å². The van der Waals surface area contributed by atoms with Crippen LogP contribution in [0.25, 0.3) is 10.8 Å². The largest absolute Gasteiger partial charge is 0.464 e. The van der Waals surface area contributed by atoms with E-state index >= 15 is 0 Å². The second kappa shape index (κ2) is 12.0. The summed E-state index contributed by atoms with van der Waals surface area (Å²) in [5, 5.41) is 53.1. The predicted molar refractivity (Wildman–Crippen MR) is 155 cm³/mol. The first kappa shape index (κ1) is 31.5. The summed E-state index contributed by atoms with van der Waals surface area (Å²) in [5.74, 6) is -1.10. The summed E-state index contributed by atoms with van der Waals surface area (Å²) >= 11 is 0. The molecule has 3 aliphatic rings. The number of ether oxygens (including phenoxy) is 5. The molecule has 2 saturated heterocycles. The average Bonchev–Trinajstić information content (AvgIpc) is 2.95. The fourth-order valence-electron chi connectivity index (χ4n) is 6.13. The Morgan fingerprint density at radius 2 is 1.64 bits per heavy atom. The molecule has 240 valence electrons. The Labute approximate surface area is 257 Å². The van der Waals surface area contributed by atoms with Crippen molar-refractivity contribution in [2.24, 2.45) is 0 Å². The Bertz CT molecular complexity index is 1620. The van der Waals surface area contributed by atoms with Crippen LogP contribution in [0, 0.1) is 0 Å². The number of ketones is 2. The molecule has 6 N–H and O–H groups in total. The van der Waals surface area contributed by atoms with E-state index in [0.717, 1.165) is 0 Å². The maximum Gasteiger partial charge on any atom is 0.453 e. The fraction of sp³-hybridized carbons (Fsp3) is 0.438. The van der Waals surface area contributed by atoms with Crippen LogP contribution < -0.4 is 14.8 Å². The van der Waals surface area contributed by atoms with Crippen molar-refractivity contribution in [1.82, 2.24) is 5.32 Å². The Hall–Kier alpha value is -3.50. The maximum atomic E-state index is 13.7. The normalized spacial score (nSPS) is 29.2. The first-order chi connectivity index (χ1) is 21.3. The lowest BCUT2D eigenvalue weighted by Crippen LogP contribution is -2.62. The van der Waals surface area contributed by atoms with Crippen LogP contribution in [-0.2, 0) is 14.2 Å². The van der Waals surface area contributed by atoms with Gasteiger partial charge in [-0.15, -0.1) is 0 Å². The van der Waals surface area contributed by atoms with Gasteiger partial charge in [0.2, 0.25) is 6.29 Å². The third-order valence-electron chi connectivity index (χ3n) is 8.18. The van der Waals surface area contributed by atoms with Crippen LogP contribution in [0.2, 0.25) is 0 Å². The lowest BCUT2D eigenvalue weighted by Gasteiger charge is -2.45. The number of hydrogen-bond acceptors (Lipinski definition) is 13. The second-order valence-electron chi connectivity index (χ2n) is 11.7. The van der Waals surface area contributed by atoms with E-state index in [9.17, 15) is 35.1 Å². The lowest BCUT2D eigenvalue weighted by molar-refractivity contribution is -0.419. The van der Waals surface area contributed by atoms with Gasteiger partial charge in [-0.1, -0.05) is 24.3 Å². The van der Waals surface area contributed by atoms with Crippen molar-refractivity contribution in [3.8, 4) is 11.5 Å². The number of carbonyl (C=O) groups is 2. The van der Waals surface area contributed by atoms with Gasteiger partial charge in [0.05, 0.1) is 23.9 Å². The highest BCUT2D eigenvalue weighted by Crippen LogP contribution is 2.39. The number of rotatable bonds is 6. The van der Waals surface area contributed by atoms with Crippen molar-refractivity contribution in [3.63, 3.8) is 0 Å². The molecule has 8 unspecified atom stereocenters. The second-order valence-corrected chi connectivity index (χ2v) is 11.7. The SMILES string of the molecule is CC(O)CC1OC(C)C(O)NC2CC(Oc3cccc4cc5c(cc34)C(=O)c3c(OC(O)(O)O)cccc3C5=O)OC(C)C2O1. The smallest absolute Gasteiger partial charge is 0.453 e. The highest BCUT2D eigenvalue weighted by molar-refractivity contribution is 6.30. The molecule has 45 heavy (non-hydrogen) atoms. The number of nitrogens with one attached hydrogen (secondary N) is 1. The van der Waals surface area contributed by atoms with E-state index in [2.05, 4.69) is 5.32 Å². The van der Waals surface area contributed by atoms with Gasteiger partial charge in [0, 0.05) is 41.0 Å².